The van der Waals surface area contributed by atoms with Gasteiger partial charge in [0, 0.05) is 18.5 Å². The van der Waals surface area contributed by atoms with E-state index in [1.165, 1.54) is 0 Å². The molecule has 0 atom stereocenters. The lowest BCUT2D eigenvalue weighted by Gasteiger charge is -2.19. The maximum atomic E-state index is 12.6. The number of amides is 1. The van der Waals surface area contributed by atoms with Crippen molar-refractivity contribution in [2.24, 2.45) is 0 Å². The van der Waals surface area contributed by atoms with Crippen LogP contribution in [0.1, 0.15) is 49.7 Å². The van der Waals surface area contributed by atoms with Crippen LogP contribution in [-0.2, 0) is 0 Å². The van der Waals surface area contributed by atoms with Crippen LogP contribution in [0.15, 0.2) is 18.2 Å². The summed E-state index contributed by atoms with van der Waals surface area (Å²) in [4.78, 5) is 22.8. The zero-order valence-electron chi connectivity index (χ0n) is 13.1. The Labute approximate surface area is 125 Å². The molecule has 2 rings (SSSR count). The Morgan fingerprint density at radius 1 is 1.24 bits per heavy atom. The van der Waals surface area contributed by atoms with E-state index in [0.29, 0.717) is 30.2 Å². The zero-order valence-corrected chi connectivity index (χ0v) is 13.1. The molecule has 0 aliphatic carbocycles. The smallest absolute Gasteiger partial charge is 0.273 e. The molecule has 0 saturated heterocycles. The van der Waals surface area contributed by atoms with Crippen molar-refractivity contribution in [3.8, 4) is 0 Å². The van der Waals surface area contributed by atoms with Crippen LogP contribution in [0.25, 0.3) is 10.9 Å². The molecule has 1 heterocycles. The van der Waals surface area contributed by atoms with Gasteiger partial charge in [-0.05, 0) is 37.5 Å². The van der Waals surface area contributed by atoms with Crippen molar-refractivity contribution in [1.82, 2.24) is 14.9 Å². The first-order chi connectivity index (χ1) is 9.97. The number of aromatic nitrogens is 2. The number of nitrogens with two attached hydrogens (primary N) is 1. The Morgan fingerprint density at radius 3 is 2.48 bits per heavy atom. The highest BCUT2D eigenvalue weighted by Gasteiger charge is 2.19. The van der Waals surface area contributed by atoms with Crippen LogP contribution >= 0.6 is 0 Å². The van der Waals surface area contributed by atoms with Gasteiger partial charge < -0.3 is 10.6 Å². The largest absolute Gasteiger partial charge is 0.368 e. The topological polar surface area (TPSA) is 72.1 Å². The molecule has 5 nitrogen and oxygen atoms in total. The summed E-state index contributed by atoms with van der Waals surface area (Å²) in [7, 11) is 0. The van der Waals surface area contributed by atoms with Gasteiger partial charge in [-0.15, -0.1) is 0 Å². The van der Waals surface area contributed by atoms with Crippen LogP contribution < -0.4 is 5.73 Å². The highest BCUT2D eigenvalue weighted by molar-refractivity contribution is 6.04. The molecular weight excluding hydrogens is 264 g/mol. The lowest BCUT2D eigenvalue weighted by molar-refractivity contribution is 0.0769. The molecule has 21 heavy (non-hydrogen) atoms. The third kappa shape index (κ3) is 2.96. The minimum absolute atomic E-state index is 0.0972. The van der Waals surface area contributed by atoms with Crippen molar-refractivity contribution in [3.05, 3.63) is 29.5 Å². The molecule has 0 spiro atoms. The van der Waals surface area contributed by atoms with Crippen LogP contribution in [0.3, 0.4) is 0 Å². The average Bonchev–Trinajstić information content (AvgIpc) is 2.46. The summed E-state index contributed by atoms with van der Waals surface area (Å²) in [5.74, 6) is 0.415. The van der Waals surface area contributed by atoms with E-state index < -0.39 is 0 Å². The lowest BCUT2D eigenvalue weighted by Crippen LogP contribution is -2.31. The number of rotatable bonds is 4. The Hall–Kier alpha value is -2.17. The molecular formula is C16H22N4O. The van der Waals surface area contributed by atoms with E-state index in [9.17, 15) is 4.79 Å². The standard InChI is InChI=1S/C16H22N4O/c1-5-20(6-2)15(21)14-12-9-11(10(3)4)7-8-13(12)18-16(17)19-14/h7-10H,5-6H2,1-4H3,(H2,17,18,19). The Morgan fingerprint density at radius 2 is 1.90 bits per heavy atom. The lowest BCUT2D eigenvalue weighted by atomic mass is 10.0. The van der Waals surface area contributed by atoms with E-state index in [4.69, 9.17) is 5.73 Å². The molecule has 112 valence electrons. The van der Waals surface area contributed by atoms with Crippen molar-refractivity contribution in [3.63, 3.8) is 0 Å². The number of nitrogens with zero attached hydrogens (tertiary/aromatic N) is 3. The SMILES string of the molecule is CCN(CC)C(=O)c1nc(N)nc2ccc(C(C)C)cc12. The summed E-state index contributed by atoms with van der Waals surface area (Å²) in [5, 5.41) is 0.771. The maximum Gasteiger partial charge on any atom is 0.273 e. The number of carbonyl (C=O) groups excluding carboxylic acids is 1. The normalized spacial score (nSPS) is 11.1. The Balaban J connectivity index is 2.65. The zero-order chi connectivity index (χ0) is 15.6. The predicted octanol–water partition coefficient (Wildman–Crippen LogP) is 2.82. The molecule has 0 bridgehead atoms. The fourth-order valence-corrected chi connectivity index (χ4v) is 2.35. The van der Waals surface area contributed by atoms with Crippen LogP contribution in [0.4, 0.5) is 5.95 Å². The first-order valence-electron chi connectivity index (χ1n) is 7.34. The van der Waals surface area contributed by atoms with E-state index in [2.05, 4.69) is 23.8 Å². The number of hydrogen-bond donors (Lipinski definition) is 1. The number of nitrogen functional groups attached to an aromatic ring is 1. The van der Waals surface area contributed by atoms with Gasteiger partial charge in [0.25, 0.3) is 5.91 Å². The van der Waals surface area contributed by atoms with Gasteiger partial charge in [0.1, 0.15) is 5.69 Å². The second kappa shape index (κ2) is 6.08. The van der Waals surface area contributed by atoms with Gasteiger partial charge in [-0.3, -0.25) is 4.79 Å². The van der Waals surface area contributed by atoms with Gasteiger partial charge in [-0.1, -0.05) is 19.9 Å². The van der Waals surface area contributed by atoms with Gasteiger partial charge in [-0.25, -0.2) is 9.97 Å². The second-order valence-corrected chi connectivity index (χ2v) is 5.34. The number of fused-ring (bicyclic) bond motifs is 1. The molecule has 2 N–H and O–H groups in total. The van der Waals surface area contributed by atoms with Crippen molar-refractivity contribution < 1.29 is 4.79 Å². The van der Waals surface area contributed by atoms with Gasteiger partial charge in [0.05, 0.1) is 5.52 Å². The summed E-state index contributed by atoms with van der Waals surface area (Å²) in [6.45, 7) is 9.42. The van der Waals surface area contributed by atoms with Crippen LogP contribution in [0.5, 0.6) is 0 Å². The molecule has 0 fully saturated rings. The minimum Gasteiger partial charge on any atom is -0.368 e. The quantitative estimate of drug-likeness (QED) is 0.938. The minimum atomic E-state index is -0.0972. The molecule has 1 aromatic heterocycles. The van der Waals surface area contributed by atoms with Crippen molar-refractivity contribution in [2.45, 2.75) is 33.6 Å². The highest BCUT2D eigenvalue weighted by atomic mass is 16.2. The first kappa shape index (κ1) is 15.2. The molecule has 0 unspecified atom stereocenters. The van der Waals surface area contributed by atoms with Gasteiger partial charge in [0.15, 0.2) is 0 Å². The maximum absolute atomic E-state index is 12.6. The molecule has 1 aromatic carbocycles. The fourth-order valence-electron chi connectivity index (χ4n) is 2.35. The molecule has 0 saturated carbocycles. The Bertz CT molecular complexity index is 663. The monoisotopic (exact) mass is 286 g/mol. The third-order valence-corrected chi connectivity index (χ3v) is 3.66. The highest BCUT2D eigenvalue weighted by Crippen LogP contribution is 2.23. The number of anilines is 1. The number of hydrogen-bond acceptors (Lipinski definition) is 4. The van der Waals surface area contributed by atoms with Crippen molar-refractivity contribution >= 4 is 22.8 Å². The number of carbonyl (C=O) groups is 1. The fraction of sp³-hybridized carbons (Fsp3) is 0.438. The molecule has 0 aliphatic heterocycles. The molecule has 0 aliphatic rings. The summed E-state index contributed by atoms with van der Waals surface area (Å²) >= 11 is 0. The van der Waals surface area contributed by atoms with Gasteiger partial charge >= 0.3 is 0 Å². The average molecular weight is 286 g/mol. The van der Waals surface area contributed by atoms with E-state index in [1.54, 1.807) is 4.90 Å². The third-order valence-electron chi connectivity index (χ3n) is 3.66. The van der Waals surface area contributed by atoms with E-state index in [0.717, 1.165) is 10.9 Å². The number of benzene rings is 1. The molecule has 2 aromatic rings. The van der Waals surface area contributed by atoms with Crippen LogP contribution in [0.2, 0.25) is 0 Å². The van der Waals surface area contributed by atoms with Gasteiger partial charge in [0.2, 0.25) is 5.95 Å². The second-order valence-electron chi connectivity index (χ2n) is 5.34. The predicted molar refractivity (Wildman–Crippen MR) is 85.3 cm³/mol. The van der Waals surface area contributed by atoms with Crippen molar-refractivity contribution in [2.75, 3.05) is 18.8 Å². The van der Waals surface area contributed by atoms with Crippen molar-refractivity contribution in [1.29, 1.82) is 0 Å². The first-order valence-corrected chi connectivity index (χ1v) is 7.34. The van der Waals surface area contributed by atoms with E-state index in [-0.39, 0.29) is 11.9 Å². The molecule has 0 radical (unpaired) electrons. The van der Waals surface area contributed by atoms with Gasteiger partial charge in [-0.2, -0.15) is 0 Å². The van der Waals surface area contributed by atoms with Crippen LogP contribution in [0, 0.1) is 0 Å². The van der Waals surface area contributed by atoms with Crippen LogP contribution in [-0.4, -0.2) is 33.9 Å². The molecule has 1 amide bonds. The summed E-state index contributed by atoms with van der Waals surface area (Å²) in [6, 6.07) is 5.92. The summed E-state index contributed by atoms with van der Waals surface area (Å²) in [6.07, 6.45) is 0. The van der Waals surface area contributed by atoms with E-state index >= 15 is 0 Å². The van der Waals surface area contributed by atoms with E-state index in [1.807, 2.05) is 32.0 Å². The summed E-state index contributed by atoms with van der Waals surface area (Å²) < 4.78 is 0. The molecule has 5 heteroatoms. The Kier molecular flexibility index (Phi) is 4.40. The summed E-state index contributed by atoms with van der Waals surface area (Å²) in [5.41, 5.74) is 8.01.